The number of amides is 4. The average Bonchev–Trinajstić information content (AvgIpc) is 2.93. The molecule has 0 aliphatic carbocycles. The molecule has 2 heterocycles. The molecule has 1 fully saturated rings. The summed E-state index contributed by atoms with van der Waals surface area (Å²) in [6.45, 7) is 2.67. The summed E-state index contributed by atoms with van der Waals surface area (Å²) in [5.41, 5.74) is 0.617. The van der Waals surface area contributed by atoms with Gasteiger partial charge in [0, 0.05) is 19.2 Å². The topological polar surface area (TPSA) is 105 Å². The van der Waals surface area contributed by atoms with E-state index in [2.05, 4.69) is 21.0 Å². The number of aryl methyl sites for hydroxylation is 1. The molecule has 3 N–H and O–H groups in total. The Morgan fingerprint density at radius 1 is 1.53 bits per heavy atom. The molecule has 0 spiro atoms. The smallest absolute Gasteiger partial charge is 0.322 e. The van der Waals surface area contributed by atoms with Crippen molar-refractivity contribution in [3.8, 4) is 0 Å². The first-order valence-corrected chi connectivity index (χ1v) is 6.02. The van der Waals surface area contributed by atoms with Crippen LogP contribution in [-0.2, 0) is 16.1 Å². The molecular weight excluding hydrogens is 250 g/mol. The van der Waals surface area contributed by atoms with Crippen LogP contribution in [0.15, 0.2) is 12.4 Å². The van der Waals surface area contributed by atoms with Gasteiger partial charge in [-0.15, -0.1) is 0 Å². The number of carbonyl (C=O) groups excluding carboxylic acids is 3. The highest BCUT2D eigenvalue weighted by atomic mass is 16.2. The van der Waals surface area contributed by atoms with Gasteiger partial charge < -0.3 is 10.6 Å². The molecule has 1 aliphatic rings. The second-order valence-electron chi connectivity index (χ2n) is 4.19. The molecule has 1 atom stereocenters. The van der Waals surface area contributed by atoms with Crippen LogP contribution in [0.1, 0.15) is 19.8 Å². The van der Waals surface area contributed by atoms with E-state index in [0.717, 1.165) is 6.54 Å². The lowest BCUT2D eigenvalue weighted by molar-refractivity contribution is -0.120. The van der Waals surface area contributed by atoms with Crippen molar-refractivity contribution in [2.75, 3.05) is 5.32 Å². The highest BCUT2D eigenvalue weighted by Gasteiger charge is 2.29. The van der Waals surface area contributed by atoms with E-state index in [1.807, 2.05) is 6.92 Å². The zero-order valence-electron chi connectivity index (χ0n) is 10.5. The molecule has 1 aromatic rings. The van der Waals surface area contributed by atoms with Crippen molar-refractivity contribution in [3.05, 3.63) is 12.4 Å². The summed E-state index contributed by atoms with van der Waals surface area (Å²) in [5, 5.41) is 11.3. The predicted molar refractivity (Wildman–Crippen MR) is 66.2 cm³/mol. The van der Waals surface area contributed by atoms with Crippen LogP contribution in [0, 0.1) is 0 Å². The van der Waals surface area contributed by atoms with E-state index in [1.165, 1.54) is 0 Å². The summed E-state index contributed by atoms with van der Waals surface area (Å²) in [4.78, 5) is 33.8. The largest absolute Gasteiger partial charge is 0.326 e. The second-order valence-corrected chi connectivity index (χ2v) is 4.19. The van der Waals surface area contributed by atoms with E-state index in [0.29, 0.717) is 5.69 Å². The lowest BCUT2D eigenvalue weighted by atomic mass is 10.1. The first kappa shape index (κ1) is 13.1. The van der Waals surface area contributed by atoms with Crippen LogP contribution >= 0.6 is 0 Å². The normalized spacial score (nSPS) is 18.1. The molecule has 102 valence electrons. The summed E-state index contributed by atoms with van der Waals surface area (Å²) in [6.07, 6.45) is 3.70. The number of imide groups is 1. The highest BCUT2D eigenvalue weighted by molar-refractivity contribution is 6.04. The van der Waals surface area contributed by atoms with Crippen LogP contribution < -0.4 is 16.0 Å². The molecule has 1 saturated heterocycles. The molecule has 1 aromatic heterocycles. The molecule has 0 saturated carbocycles. The average molecular weight is 265 g/mol. The highest BCUT2D eigenvalue weighted by Crippen LogP contribution is 2.08. The van der Waals surface area contributed by atoms with E-state index in [9.17, 15) is 14.4 Å². The van der Waals surface area contributed by atoms with E-state index < -0.39 is 18.0 Å². The van der Waals surface area contributed by atoms with Crippen LogP contribution in [0.25, 0.3) is 0 Å². The van der Waals surface area contributed by atoms with Crippen LogP contribution in [-0.4, -0.2) is 33.7 Å². The number of nitrogens with zero attached hydrogens (tertiary/aromatic N) is 2. The summed E-state index contributed by atoms with van der Waals surface area (Å²) in [7, 11) is 0. The lowest BCUT2D eigenvalue weighted by Gasteiger charge is -2.06. The summed E-state index contributed by atoms with van der Waals surface area (Å²) < 4.78 is 1.69. The standard InChI is InChI=1S/C11H15N5O3/c1-2-16-6-7(5-12-16)13-9(17)4-3-8-10(18)15-11(19)14-8/h5-6,8H,2-4H2,1H3,(H,13,17)(H2,14,15,18,19)/t8-/m0/s1. The zero-order chi connectivity index (χ0) is 13.8. The van der Waals surface area contributed by atoms with Gasteiger partial charge in [-0.3, -0.25) is 19.6 Å². The molecule has 19 heavy (non-hydrogen) atoms. The Balaban J connectivity index is 1.78. The van der Waals surface area contributed by atoms with Gasteiger partial charge in [0.25, 0.3) is 5.91 Å². The molecule has 8 nitrogen and oxygen atoms in total. The van der Waals surface area contributed by atoms with Crippen LogP contribution in [0.3, 0.4) is 0 Å². The van der Waals surface area contributed by atoms with Crippen molar-refractivity contribution in [2.45, 2.75) is 32.4 Å². The third-order valence-electron chi connectivity index (χ3n) is 2.76. The number of aromatic nitrogens is 2. The van der Waals surface area contributed by atoms with E-state index >= 15 is 0 Å². The zero-order valence-corrected chi connectivity index (χ0v) is 10.5. The Bertz CT molecular complexity index is 510. The Hall–Kier alpha value is -2.38. The van der Waals surface area contributed by atoms with Gasteiger partial charge in [-0.1, -0.05) is 0 Å². The van der Waals surface area contributed by atoms with Gasteiger partial charge in [-0.25, -0.2) is 4.79 Å². The van der Waals surface area contributed by atoms with Gasteiger partial charge in [-0.05, 0) is 13.3 Å². The molecule has 1 aliphatic heterocycles. The summed E-state index contributed by atoms with van der Waals surface area (Å²) in [6, 6.07) is -1.14. The third kappa shape index (κ3) is 3.30. The molecule has 4 amide bonds. The van der Waals surface area contributed by atoms with E-state index in [4.69, 9.17) is 0 Å². The fourth-order valence-corrected chi connectivity index (χ4v) is 1.76. The van der Waals surface area contributed by atoms with Crippen LogP contribution in [0.5, 0.6) is 0 Å². The minimum absolute atomic E-state index is 0.148. The Morgan fingerprint density at radius 2 is 2.32 bits per heavy atom. The van der Waals surface area contributed by atoms with E-state index in [1.54, 1.807) is 17.1 Å². The summed E-state index contributed by atoms with van der Waals surface area (Å²) in [5.74, 6) is -0.610. The van der Waals surface area contributed by atoms with E-state index in [-0.39, 0.29) is 18.7 Å². The lowest BCUT2D eigenvalue weighted by Crippen LogP contribution is -2.30. The maximum atomic E-state index is 11.7. The number of anilines is 1. The molecule has 2 rings (SSSR count). The Morgan fingerprint density at radius 3 is 2.89 bits per heavy atom. The maximum absolute atomic E-state index is 11.7. The number of rotatable bonds is 5. The predicted octanol–water partition coefficient (Wildman–Crippen LogP) is -0.170. The fraction of sp³-hybridized carbons (Fsp3) is 0.455. The first-order valence-electron chi connectivity index (χ1n) is 6.02. The number of nitrogens with one attached hydrogen (secondary N) is 3. The molecule has 0 aromatic carbocycles. The van der Waals surface area contributed by atoms with Crippen LogP contribution in [0.4, 0.5) is 10.5 Å². The first-order chi connectivity index (χ1) is 9.08. The van der Waals surface area contributed by atoms with Gasteiger partial charge in [0.05, 0.1) is 11.9 Å². The number of urea groups is 1. The Labute approximate surface area is 109 Å². The summed E-state index contributed by atoms with van der Waals surface area (Å²) >= 11 is 0. The fourth-order valence-electron chi connectivity index (χ4n) is 1.76. The number of carbonyl (C=O) groups is 3. The number of hydrogen-bond acceptors (Lipinski definition) is 4. The molecule has 0 unspecified atom stereocenters. The minimum atomic E-state index is -0.628. The van der Waals surface area contributed by atoms with Gasteiger partial charge in [0.2, 0.25) is 5.91 Å². The molecule has 8 heteroatoms. The van der Waals surface area contributed by atoms with Crippen molar-refractivity contribution in [2.24, 2.45) is 0 Å². The molecule has 0 bridgehead atoms. The quantitative estimate of drug-likeness (QED) is 0.643. The third-order valence-corrected chi connectivity index (χ3v) is 2.76. The van der Waals surface area contributed by atoms with Crippen molar-refractivity contribution in [1.29, 1.82) is 0 Å². The maximum Gasteiger partial charge on any atom is 0.322 e. The van der Waals surface area contributed by atoms with Crippen molar-refractivity contribution in [3.63, 3.8) is 0 Å². The minimum Gasteiger partial charge on any atom is -0.326 e. The SMILES string of the molecule is CCn1cc(NC(=O)CC[C@@H]2NC(=O)NC2=O)cn1. The Kier molecular flexibility index (Phi) is 3.79. The van der Waals surface area contributed by atoms with Crippen molar-refractivity contribution in [1.82, 2.24) is 20.4 Å². The van der Waals surface area contributed by atoms with Gasteiger partial charge in [-0.2, -0.15) is 5.10 Å². The molecular formula is C11H15N5O3. The molecule has 0 radical (unpaired) electrons. The van der Waals surface area contributed by atoms with Gasteiger partial charge in [0.1, 0.15) is 6.04 Å². The van der Waals surface area contributed by atoms with Crippen LogP contribution in [0.2, 0.25) is 0 Å². The second kappa shape index (κ2) is 5.51. The van der Waals surface area contributed by atoms with Crippen molar-refractivity contribution < 1.29 is 14.4 Å². The van der Waals surface area contributed by atoms with Gasteiger partial charge >= 0.3 is 6.03 Å². The number of hydrogen-bond donors (Lipinski definition) is 3. The van der Waals surface area contributed by atoms with Crippen molar-refractivity contribution >= 4 is 23.5 Å². The monoisotopic (exact) mass is 265 g/mol. The van der Waals surface area contributed by atoms with Gasteiger partial charge in [0.15, 0.2) is 0 Å².